The Balaban J connectivity index is 1.97. The number of hydrogen-bond donors (Lipinski definition) is 2. The van der Waals surface area contributed by atoms with Gasteiger partial charge in [0.1, 0.15) is 12.1 Å². The van der Waals surface area contributed by atoms with Gasteiger partial charge >= 0.3 is 0 Å². The van der Waals surface area contributed by atoms with E-state index >= 15 is 0 Å². The third kappa shape index (κ3) is 1.13. The molecule has 0 amide bonds. The van der Waals surface area contributed by atoms with E-state index in [9.17, 15) is 0 Å². The van der Waals surface area contributed by atoms with Crippen LogP contribution in [-0.2, 0) is 0 Å². The average Bonchev–Trinajstić information content (AvgIpc) is 2.59. The molecular formula is C9H11N5. The Hall–Kier alpha value is -1.65. The van der Waals surface area contributed by atoms with E-state index in [0.717, 1.165) is 16.9 Å². The van der Waals surface area contributed by atoms with E-state index in [0.29, 0.717) is 6.04 Å². The Labute approximate surface area is 81.0 Å². The summed E-state index contributed by atoms with van der Waals surface area (Å²) in [6, 6.07) is 0.586. The van der Waals surface area contributed by atoms with Crippen LogP contribution in [0.2, 0.25) is 0 Å². The molecule has 2 aromatic heterocycles. The highest BCUT2D eigenvalue weighted by Crippen LogP contribution is 2.25. The van der Waals surface area contributed by atoms with Crippen molar-refractivity contribution in [3.63, 3.8) is 0 Å². The molecule has 1 aliphatic rings. The van der Waals surface area contributed by atoms with E-state index in [2.05, 4.69) is 25.5 Å². The molecule has 3 rings (SSSR count). The summed E-state index contributed by atoms with van der Waals surface area (Å²) in [5.41, 5.74) is 0.793. The molecule has 0 aromatic carbocycles. The van der Waals surface area contributed by atoms with Crippen LogP contribution in [-0.4, -0.2) is 26.2 Å². The van der Waals surface area contributed by atoms with E-state index < -0.39 is 0 Å². The van der Waals surface area contributed by atoms with Crippen LogP contribution >= 0.6 is 0 Å². The molecule has 1 saturated carbocycles. The van der Waals surface area contributed by atoms with Crippen molar-refractivity contribution in [3.8, 4) is 0 Å². The highest BCUT2D eigenvalue weighted by atomic mass is 15.2. The zero-order valence-electron chi connectivity index (χ0n) is 7.70. The lowest BCUT2D eigenvalue weighted by atomic mass is 9.93. The summed E-state index contributed by atoms with van der Waals surface area (Å²) in [4.78, 5) is 8.30. The van der Waals surface area contributed by atoms with Gasteiger partial charge in [-0.3, -0.25) is 5.10 Å². The average molecular weight is 189 g/mol. The van der Waals surface area contributed by atoms with Crippen LogP contribution in [0.1, 0.15) is 19.3 Å². The van der Waals surface area contributed by atoms with Crippen molar-refractivity contribution in [2.45, 2.75) is 25.3 Å². The molecule has 0 bridgehead atoms. The minimum absolute atomic E-state index is 0.586. The summed E-state index contributed by atoms with van der Waals surface area (Å²) >= 11 is 0. The number of nitrogens with one attached hydrogen (secondary N) is 2. The molecule has 5 nitrogen and oxygen atoms in total. The van der Waals surface area contributed by atoms with Crippen LogP contribution in [0, 0.1) is 0 Å². The minimum atomic E-state index is 0.586. The van der Waals surface area contributed by atoms with Crippen molar-refractivity contribution >= 4 is 16.9 Å². The Kier molecular flexibility index (Phi) is 1.62. The number of nitrogens with zero attached hydrogens (tertiary/aromatic N) is 3. The highest BCUT2D eigenvalue weighted by Gasteiger charge is 2.18. The smallest absolute Gasteiger partial charge is 0.160 e. The van der Waals surface area contributed by atoms with Gasteiger partial charge in [0.15, 0.2) is 5.65 Å². The molecule has 2 N–H and O–H groups in total. The molecule has 1 fully saturated rings. The van der Waals surface area contributed by atoms with Crippen molar-refractivity contribution in [1.82, 2.24) is 20.2 Å². The summed E-state index contributed by atoms with van der Waals surface area (Å²) in [5, 5.41) is 11.1. The standard InChI is InChI=1S/C9H11N5/c1-2-6(3-1)13-8-7-4-12-14-9(7)11-5-10-8/h4-6H,1-3H2,(H2,10,11,12,13,14). The lowest BCUT2D eigenvalue weighted by Gasteiger charge is -2.26. The Bertz CT molecular complexity index is 445. The van der Waals surface area contributed by atoms with Gasteiger partial charge in [-0.05, 0) is 19.3 Å². The highest BCUT2D eigenvalue weighted by molar-refractivity contribution is 5.85. The van der Waals surface area contributed by atoms with Gasteiger partial charge in [-0.25, -0.2) is 9.97 Å². The summed E-state index contributed by atoms with van der Waals surface area (Å²) in [7, 11) is 0. The number of aromatic nitrogens is 4. The second-order valence-electron chi connectivity index (χ2n) is 3.63. The molecule has 0 spiro atoms. The fraction of sp³-hybridized carbons (Fsp3) is 0.444. The number of anilines is 1. The zero-order chi connectivity index (χ0) is 9.38. The van der Waals surface area contributed by atoms with Gasteiger partial charge in [-0.15, -0.1) is 0 Å². The van der Waals surface area contributed by atoms with Crippen LogP contribution < -0.4 is 5.32 Å². The van der Waals surface area contributed by atoms with E-state index in [1.54, 1.807) is 12.5 Å². The Morgan fingerprint density at radius 3 is 3.07 bits per heavy atom. The second kappa shape index (κ2) is 2.94. The quantitative estimate of drug-likeness (QED) is 0.747. The fourth-order valence-corrected chi connectivity index (χ4v) is 1.63. The SMILES string of the molecule is c1nc(NC2CCC2)c2cn[nH]c2n1. The van der Waals surface area contributed by atoms with E-state index in [1.807, 2.05) is 0 Å². The predicted molar refractivity (Wildman–Crippen MR) is 52.9 cm³/mol. The molecule has 0 atom stereocenters. The van der Waals surface area contributed by atoms with Crippen molar-refractivity contribution in [2.75, 3.05) is 5.32 Å². The molecule has 0 radical (unpaired) electrons. The molecule has 14 heavy (non-hydrogen) atoms. The normalized spacial score (nSPS) is 16.9. The summed E-state index contributed by atoms with van der Waals surface area (Å²) < 4.78 is 0. The first-order valence-electron chi connectivity index (χ1n) is 4.84. The molecule has 0 saturated heterocycles. The van der Waals surface area contributed by atoms with Gasteiger partial charge in [0.05, 0.1) is 11.6 Å². The molecule has 1 aliphatic carbocycles. The maximum Gasteiger partial charge on any atom is 0.160 e. The van der Waals surface area contributed by atoms with E-state index in [4.69, 9.17) is 0 Å². The van der Waals surface area contributed by atoms with Gasteiger partial charge in [-0.1, -0.05) is 0 Å². The van der Waals surface area contributed by atoms with Gasteiger partial charge in [0.2, 0.25) is 0 Å². The molecule has 0 unspecified atom stereocenters. The third-order valence-corrected chi connectivity index (χ3v) is 2.69. The summed E-state index contributed by atoms with van der Waals surface area (Å²) in [6.07, 6.45) is 7.11. The maximum absolute atomic E-state index is 4.22. The van der Waals surface area contributed by atoms with Crippen molar-refractivity contribution < 1.29 is 0 Å². The first-order valence-corrected chi connectivity index (χ1v) is 4.84. The van der Waals surface area contributed by atoms with Crippen molar-refractivity contribution in [1.29, 1.82) is 0 Å². The summed E-state index contributed by atoms with van der Waals surface area (Å²) in [6.45, 7) is 0. The van der Waals surface area contributed by atoms with Crippen molar-refractivity contribution in [3.05, 3.63) is 12.5 Å². The monoisotopic (exact) mass is 189 g/mol. The predicted octanol–water partition coefficient (Wildman–Crippen LogP) is 1.32. The molecule has 72 valence electrons. The van der Waals surface area contributed by atoms with Gasteiger partial charge in [-0.2, -0.15) is 5.10 Å². The Morgan fingerprint density at radius 2 is 2.29 bits per heavy atom. The largest absolute Gasteiger partial charge is 0.367 e. The van der Waals surface area contributed by atoms with Crippen LogP contribution in [0.3, 0.4) is 0 Å². The van der Waals surface area contributed by atoms with Crippen molar-refractivity contribution in [2.24, 2.45) is 0 Å². The van der Waals surface area contributed by atoms with E-state index in [1.165, 1.54) is 19.3 Å². The van der Waals surface area contributed by atoms with Crippen LogP contribution in [0.25, 0.3) is 11.0 Å². The molecule has 5 heteroatoms. The molecule has 2 aromatic rings. The van der Waals surface area contributed by atoms with Crippen LogP contribution in [0.5, 0.6) is 0 Å². The summed E-state index contributed by atoms with van der Waals surface area (Å²) in [5.74, 6) is 0.897. The number of rotatable bonds is 2. The van der Waals surface area contributed by atoms with Crippen LogP contribution in [0.15, 0.2) is 12.5 Å². The molecule has 0 aliphatic heterocycles. The number of hydrogen-bond acceptors (Lipinski definition) is 4. The minimum Gasteiger partial charge on any atom is -0.367 e. The molecule has 2 heterocycles. The van der Waals surface area contributed by atoms with Gasteiger partial charge in [0, 0.05) is 6.04 Å². The number of fused-ring (bicyclic) bond motifs is 1. The molecular weight excluding hydrogens is 178 g/mol. The number of H-pyrrole nitrogens is 1. The Morgan fingerprint density at radius 1 is 1.36 bits per heavy atom. The first-order chi connectivity index (χ1) is 6.93. The first kappa shape index (κ1) is 7.73. The number of aromatic amines is 1. The topological polar surface area (TPSA) is 66.5 Å². The zero-order valence-corrected chi connectivity index (χ0v) is 7.70. The lowest BCUT2D eigenvalue weighted by Crippen LogP contribution is -2.27. The van der Waals surface area contributed by atoms with Gasteiger partial charge < -0.3 is 5.32 Å². The lowest BCUT2D eigenvalue weighted by molar-refractivity contribution is 0.445. The maximum atomic E-state index is 4.22. The van der Waals surface area contributed by atoms with Crippen LogP contribution in [0.4, 0.5) is 5.82 Å². The fourth-order valence-electron chi connectivity index (χ4n) is 1.63. The third-order valence-electron chi connectivity index (χ3n) is 2.69. The van der Waals surface area contributed by atoms with Gasteiger partial charge in [0.25, 0.3) is 0 Å². The second-order valence-corrected chi connectivity index (χ2v) is 3.63. The van der Waals surface area contributed by atoms with E-state index in [-0.39, 0.29) is 0 Å².